The first-order valence-corrected chi connectivity index (χ1v) is 10.2. The zero-order chi connectivity index (χ0) is 20.6. The molecule has 1 aromatic heterocycles. The second-order valence-corrected chi connectivity index (χ2v) is 8.40. The van der Waals surface area contributed by atoms with Crippen molar-refractivity contribution in [2.45, 2.75) is 37.9 Å². The van der Waals surface area contributed by atoms with Gasteiger partial charge >= 0.3 is 6.18 Å². The molecule has 0 bridgehead atoms. The Morgan fingerprint density at radius 1 is 1.24 bits per heavy atom. The van der Waals surface area contributed by atoms with Crippen LogP contribution < -0.4 is 10.6 Å². The van der Waals surface area contributed by atoms with Gasteiger partial charge in [0.2, 0.25) is 5.91 Å². The van der Waals surface area contributed by atoms with E-state index in [0.29, 0.717) is 51.6 Å². The van der Waals surface area contributed by atoms with Crippen molar-refractivity contribution in [1.82, 2.24) is 9.88 Å². The standard InChI is InChI=1S/C20H27F3N4O2/c21-20(22,23)14-2-5-25-17(11-14)26-6-8-27(9-7-26)18(28)19(4-1-16(24)12-19)15-3-10-29-13-15/h2,5,11,15-16H,1,3-4,6-10,12-13,24H2/t15?,16-,19+/m1/s1. The Bertz CT molecular complexity index is 745. The summed E-state index contributed by atoms with van der Waals surface area (Å²) >= 11 is 0. The van der Waals surface area contributed by atoms with Crippen molar-refractivity contribution in [2.24, 2.45) is 17.1 Å². The number of ether oxygens (including phenoxy) is 1. The molecule has 2 saturated heterocycles. The number of alkyl halides is 3. The molecule has 3 fully saturated rings. The average Bonchev–Trinajstić information content (AvgIpc) is 3.38. The van der Waals surface area contributed by atoms with E-state index in [4.69, 9.17) is 10.5 Å². The van der Waals surface area contributed by atoms with Gasteiger partial charge in [-0.2, -0.15) is 13.2 Å². The van der Waals surface area contributed by atoms with Gasteiger partial charge in [-0.25, -0.2) is 4.98 Å². The van der Waals surface area contributed by atoms with Crippen LogP contribution in [-0.2, 0) is 15.7 Å². The number of piperazine rings is 1. The lowest BCUT2D eigenvalue weighted by atomic mass is 9.72. The monoisotopic (exact) mass is 412 g/mol. The molecule has 2 N–H and O–H groups in total. The Hall–Kier alpha value is -1.87. The first-order valence-electron chi connectivity index (χ1n) is 10.2. The number of hydrogen-bond acceptors (Lipinski definition) is 5. The largest absolute Gasteiger partial charge is 0.416 e. The molecule has 29 heavy (non-hydrogen) atoms. The van der Waals surface area contributed by atoms with Crippen molar-refractivity contribution in [3.8, 4) is 0 Å². The summed E-state index contributed by atoms with van der Waals surface area (Å²) in [5.74, 6) is 0.637. The summed E-state index contributed by atoms with van der Waals surface area (Å²) in [4.78, 5) is 21.3. The van der Waals surface area contributed by atoms with Crippen molar-refractivity contribution >= 4 is 11.7 Å². The molecule has 0 radical (unpaired) electrons. The summed E-state index contributed by atoms with van der Waals surface area (Å²) in [6, 6.07) is 2.08. The van der Waals surface area contributed by atoms with Crippen LogP contribution in [0.15, 0.2) is 18.3 Å². The highest BCUT2D eigenvalue weighted by Crippen LogP contribution is 2.48. The third-order valence-electron chi connectivity index (χ3n) is 6.69. The Morgan fingerprint density at radius 2 is 2.00 bits per heavy atom. The van der Waals surface area contributed by atoms with E-state index < -0.39 is 17.2 Å². The SMILES string of the molecule is N[C@@H]1CC[C@@](C(=O)N2CCN(c3cc(C(F)(F)F)ccn3)CC2)(C2CCOC2)C1. The predicted octanol–water partition coefficient (Wildman–Crippen LogP) is 2.28. The number of pyridine rings is 1. The van der Waals surface area contributed by atoms with Crippen LogP contribution in [0.3, 0.4) is 0 Å². The topological polar surface area (TPSA) is 71.7 Å². The van der Waals surface area contributed by atoms with Crippen LogP contribution in [0.5, 0.6) is 0 Å². The van der Waals surface area contributed by atoms with Gasteiger partial charge in [-0.15, -0.1) is 0 Å². The quantitative estimate of drug-likeness (QED) is 0.825. The maximum Gasteiger partial charge on any atom is 0.416 e. The van der Waals surface area contributed by atoms with Gasteiger partial charge in [0.25, 0.3) is 0 Å². The van der Waals surface area contributed by atoms with Gasteiger partial charge in [-0.05, 0) is 43.7 Å². The van der Waals surface area contributed by atoms with Crippen LogP contribution in [0.1, 0.15) is 31.2 Å². The number of nitrogens with zero attached hydrogens (tertiary/aromatic N) is 3. The predicted molar refractivity (Wildman–Crippen MR) is 101 cm³/mol. The normalized spacial score (nSPS) is 30.8. The highest BCUT2D eigenvalue weighted by Gasteiger charge is 2.52. The van der Waals surface area contributed by atoms with E-state index in [1.165, 1.54) is 6.20 Å². The van der Waals surface area contributed by atoms with E-state index in [1.807, 2.05) is 9.80 Å². The maximum absolute atomic E-state index is 13.5. The molecule has 6 nitrogen and oxygen atoms in total. The molecule has 4 rings (SSSR count). The van der Waals surface area contributed by atoms with Crippen molar-refractivity contribution in [3.05, 3.63) is 23.9 Å². The minimum atomic E-state index is -4.40. The molecule has 9 heteroatoms. The number of halogens is 3. The van der Waals surface area contributed by atoms with Crippen LogP contribution in [-0.4, -0.2) is 61.2 Å². The Kier molecular flexibility index (Phi) is 5.46. The molecule has 1 saturated carbocycles. The van der Waals surface area contributed by atoms with Crippen LogP contribution in [0.2, 0.25) is 0 Å². The van der Waals surface area contributed by atoms with Crippen molar-refractivity contribution in [3.63, 3.8) is 0 Å². The summed E-state index contributed by atoms with van der Waals surface area (Å²) in [6.07, 6.45) is -0.00818. The van der Waals surface area contributed by atoms with Crippen molar-refractivity contribution < 1.29 is 22.7 Å². The van der Waals surface area contributed by atoms with Gasteiger partial charge in [0, 0.05) is 45.0 Å². The van der Waals surface area contributed by atoms with Gasteiger partial charge < -0.3 is 20.3 Å². The zero-order valence-corrected chi connectivity index (χ0v) is 16.3. The molecule has 0 spiro atoms. The fourth-order valence-electron chi connectivity index (χ4n) is 5.05. The third kappa shape index (κ3) is 3.94. The van der Waals surface area contributed by atoms with E-state index in [2.05, 4.69) is 4.98 Å². The van der Waals surface area contributed by atoms with Crippen LogP contribution >= 0.6 is 0 Å². The van der Waals surface area contributed by atoms with E-state index in [-0.39, 0.29) is 17.9 Å². The third-order valence-corrected chi connectivity index (χ3v) is 6.69. The van der Waals surface area contributed by atoms with E-state index >= 15 is 0 Å². The lowest BCUT2D eigenvalue weighted by Crippen LogP contribution is -2.55. The number of carbonyl (C=O) groups excluding carboxylic acids is 1. The first-order chi connectivity index (χ1) is 13.8. The maximum atomic E-state index is 13.5. The number of anilines is 1. The number of nitrogens with two attached hydrogens (primary N) is 1. The number of hydrogen-bond donors (Lipinski definition) is 1. The molecule has 3 aliphatic rings. The Labute approximate surface area is 168 Å². The fraction of sp³-hybridized carbons (Fsp3) is 0.700. The molecular weight excluding hydrogens is 385 g/mol. The lowest BCUT2D eigenvalue weighted by Gasteiger charge is -2.42. The number of rotatable bonds is 3. The molecule has 160 valence electrons. The minimum absolute atomic E-state index is 0.0372. The number of carbonyl (C=O) groups is 1. The summed E-state index contributed by atoms with van der Waals surface area (Å²) in [5, 5.41) is 0. The first kappa shape index (κ1) is 20.4. The minimum Gasteiger partial charge on any atom is -0.381 e. The van der Waals surface area contributed by atoms with Gasteiger partial charge in [0.1, 0.15) is 5.82 Å². The van der Waals surface area contributed by atoms with E-state index in [1.54, 1.807) is 0 Å². The summed E-state index contributed by atoms with van der Waals surface area (Å²) in [5.41, 5.74) is 5.01. The highest BCUT2D eigenvalue weighted by atomic mass is 19.4. The molecule has 3 atom stereocenters. The van der Waals surface area contributed by atoms with E-state index in [9.17, 15) is 18.0 Å². The Balaban J connectivity index is 1.44. The van der Waals surface area contributed by atoms with Crippen LogP contribution in [0, 0.1) is 11.3 Å². The Morgan fingerprint density at radius 3 is 2.59 bits per heavy atom. The van der Waals surface area contributed by atoms with Gasteiger partial charge in [-0.1, -0.05) is 0 Å². The average molecular weight is 412 g/mol. The molecule has 1 aromatic rings. The second kappa shape index (κ2) is 7.75. The van der Waals surface area contributed by atoms with Gasteiger partial charge in [-0.3, -0.25) is 4.79 Å². The summed E-state index contributed by atoms with van der Waals surface area (Å²) in [7, 11) is 0. The molecule has 1 unspecified atom stereocenters. The van der Waals surface area contributed by atoms with Gasteiger partial charge in [0.05, 0.1) is 17.6 Å². The van der Waals surface area contributed by atoms with Crippen molar-refractivity contribution in [2.75, 3.05) is 44.3 Å². The van der Waals surface area contributed by atoms with E-state index in [0.717, 1.165) is 31.4 Å². The summed E-state index contributed by atoms with van der Waals surface area (Å²) in [6.45, 7) is 3.16. The van der Waals surface area contributed by atoms with Crippen LogP contribution in [0.4, 0.5) is 19.0 Å². The number of aromatic nitrogens is 1. The molecule has 0 aromatic carbocycles. The number of amides is 1. The van der Waals surface area contributed by atoms with Crippen molar-refractivity contribution in [1.29, 1.82) is 0 Å². The molecule has 1 aliphatic carbocycles. The lowest BCUT2D eigenvalue weighted by molar-refractivity contribution is -0.146. The highest BCUT2D eigenvalue weighted by molar-refractivity contribution is 5.84. The second-order valence-electron chi connectivity index (χ2n) is 8.40. The smallest absolute Gasteiger partial charge is 0.381 e. The molecule has 3 heterocycles. The van der Waals surface area contributed by atoms with Gasteiger partial charge in [0.15, 0.2) is 0 Å². The molecule has 2 aliphatic heterocycles. The summed E-state index contributed by atoms with van der Waals surface area (Å²) < 4.78 is 44.5. The van der Waals surface area contributed by atoms with Crippen LogP contribution in [0.25, 0.3) is 0 Å². The zero-order valence-electron chi connectivity index (χ0n) is 16.3. The fourth-order valence-corrected chi connectivity index (χ4v) is 5.05. The molecule has 1 amide bonds. The molecular formula is C20H27F3N4O2.